The van der Waals surface area contributed by atoms with Crippen molar-refractivity contribution in [3.63, 3.8) is 0 Å². The van der Waals surface area contributed by atoms with E-state index in [4.69, 9.17) is 9.72 Å². The molecule has 128 valence electrons. The van der Waals surface area contributed by atoms with Gasteiger partial charge in [0.05, 0.1) is 24.3 Å². The second-order valence-corrected chi connectivity index (χ2v) is 6.56. The molecule has 1 saturated heterocycles. The van der Waals surface area contributed by atoms with Gasteiger partial charge >= 0.3 is 0 Å². The topological polar surface area (TPSA) is 39.9 Å². The first-order valence-corrected chi connectivity index (χ1v) is 8.99. The van der Waals surface area contributed by atoms with Gasteiger partial charge in [-0.1, -0.05) is 36.4 Å². The summed E-state index contributed by atoms with van der Waals surface area (Å²) >= 11 is 0. The van der Waals surface area contributed by atoms with Crippen LogP contribution in [-0.2, 0) is 17.7 Å². The first-order valence-electron chi connectivity index (χ1n) is 8.99. The lowest BCUT2D eigenvalue weighted by molar-refractivity contribution is 0.193. The summed E-state index contributed by atoms with van der Waals surface area (Å²) in [5, 5.41) is 0. The fourth-order valence-corrected chi connectivity index (χ4v) is 3.57. The van der Waals surface area contributed by atoms with Crippen LogP contribution in [0.25, 0.3) is 11.3 Å². The minimum atomic E-state index is 0.441. The fraction of sp³-hybridized carbons (Fsp3) is 0.333. The average Bonchev–Trinajstić information content (AvgIpc) is 3.33. The highest BCUT2D eigenvalue weighted by molar-refractivity contribution is 5.62. The van der Waals surface area contributed by atoms with E-state index >= 15 is 0 Å². The Morgan fingerprint density at radius 2 is 2.04 bits per heavy atom. The van der Waals surface area contributed by atoms with E-state index in [1.807, 2.05) is 30.9 Å². The lowest BCUT2D eigenvalue weighted by atomic mass is 9.99. The summed E-state index contributed by atoms with van der Waals surface area (Å²) in [4.78, 5) is 8.95. The van der Waals surface area contributed by atoms with Gasteiger partial charge < -0.3 is 9.30 Å². The molecule has 0 saturated carbocycles. The summed E-state index contributed by atoms with van der Waals surface area (Å²) in [7, 11) is 0. The van der Waals surface area contributed by atoms with Crippen LogP contribution in [0.15, 0.2) is 61.2 Å². The van der Waals surface area contributed by atoms with E-state index in [9.17, 15) is 0 Å². The minimum Gasteiger partial charge on any atom is -0.381 e. The van der Waals surface area contributed by atoms with Gasteiger partial charge in [-0.05, 0) is 30.9 Å². The molecule has 0 bridgehead atoms. The summed E-state index contributed by atoms with van der Waals surface area (Å²) in [5.41, 5.74) is 4.92. The normalized spacial score (nSPS) is 17.0. The Morgan fingerprint density at radius 3 is 2.80 bits per heavy atom. The molecule has 2 aromatic heterocycles. The first kappa shape index (κ1) is 16.0. The monoisotopic (exact) mass is 333 g/mol. The standard InChI is InChI=1S/C21H23N3O/c1-2-8-18(9-3-1)20-21(19-10-13-25-15-19)24(16-23-20)12-5-7-17-6-4-11-22-14-17/h1-4,6,8-9,11,14,16,19H,5,7,10,12-13,15H2/t19-/m1/s1. The highest BCUT2D eigenvalue weighted by Gasteiger charge is 2.25. The van der Waals surface area contributed by atoms with Crippen molar-refractivity contribution in [1.29, 1.82) is 0 Å². The third-order valence-corrected chi connectivity index (χ3v) is 4.83. The van der Waals surface area contributed by atoms with Crippen molar-refractivity contribution in [3.8, 4) is 11.3 Å². The summed E-state index contributed by atoms with van der Waals surface area (Å²) in [6, 6.07) is 14.6. The zero-order valence-electron chi connectivity index (χ0n) is 14.3. The predicted octanol–water partition coefficient (Wildman–Crippen LogP) is 4.08. The lowest BCUT2D eigenvalue weighted by Crippen LogP contribution is -2.09. The molecule has 1 aliphatic heterocycles. The Bertz CT molecular complexity index is 793. The number of pyridine rings is 1. The Kier molecular flexibility index (Phi) is 4.89. The number of rotatable bonds is 6. The van der Waals surface area contributed by atoms with Gasteiger partial charge in [-0.25, -0.2) is 4.98 Å². The highest BCUT2D eigenvalue weighted by Crippen LogP contribution is 2.33. The van der Waals surface area contributed by atoms with Gasteiger partial charge in [-0.2, -0.15) is 0 Å². The van der Waals surface area contributed by atoms with Gasteiger partial charge in [0, 0.05) is 37.0 Å². The van der Waals surface area contributed by atoms with Gasteiger partial charge in [-0.15, -0.1) is 0 Å². The minimum absolute atomic E-state index is 0.441. The van der Waals surface area contributed by atoms with Crippen LogP contribution in [0.3, 0.4) is 0 Å². The number of ether oxygens (including phenoxy) is 1. The molecule has 3 aromatic rings. The third kappa shape index (κ3) is 3.64. The van der Waals surface area contributed by atoms with E-state index in [-0.39, 0.29) is 0 Å². The maximum atomic E-state index is 5.65. The molecule has 1 fully saturated rings. The van der Waals surface area contributed by atoms with E-state index in [0.717, 1.165) is 44.7 Å². The Labute approximate surface area is 148 Å². The SMILES string of the molecule is c1ccc(-c2ncn(CCCc3cccnc3)c2[C@@H]2CCOC2)cc1. The summed E-state index contributed by atoms with van der Waals surface area (Å²) in [5.74, 6) is 0.441. The molecule has 0 spiro atoms. The lowest BCUT2D eigenvalue weighted by Gasteiger charge is -2.15. The van der Waals surface area contributed by atoms with E-state index in [2.05, 4.69) is 39.9 Å². The molecule has 0 unspecified atom stereocenters. The predicted molar refractivity (Wildman–Crippen MR) is 98.4 cm³/mol. The molecule has 0 radical (unpaired) electrons. The van der Waals surface area contributed by atoms with E-state index in [0.29, 0.717) is 5.92 Å². The Balaban J connectivity index is 1.56. The van der Waals surface area contributed by atoms with Crippen LogP contribution in [0.4, 0.5) is 0 Å². The molecule has 0 aliphatic carbocycles. The number of hydrogen-bond acceptors (Lipinski definition) is 3. The van der Waals surface area contributed by atoms with Gasteiger partial charge in [0.15, 0.2) is 0 Å². The zero-order chi connectivity index (χ0) is 16.9. The molecule has 1 aromatic carbocycles. The largest absolute Gasteiger partial charge is 0.381 e. The van der Waals surface area contributed by atoms with Gasteiger partial charge in [-0.3, -0.25) is 4.98 Å². The van der Waals surface area contributed by atoms with Crippen LogP contribution in [0.5, 0.6) is 0 Å². The van der Waals surface area contributed by atoms with Crippen molar-refractivity contribution in [3.05, 3.63) is 72.4 Å². The quantitative estimate of drug-likeness (QED) is 0.682. The number of benzene rings is 1. The van der Waals surface area contributed by atoms with Crippen LogP contribution in [0.1, 0.15) is 30.0 Å². The maximum absolute atomic E-state index is 5.65. The third-order valence-electron chi connectivity index (χ3n) is 4.83. The zero-order valence-corrected chi connectivity index (χ0v) is 14.3. The van der Waals surface area contributed by atoms with Crippen molar-refractivity contribution in [2.45, 2.75) is 31.7 Å². The second kappa shape index (κ2) is 7.62. The van der Waals surface area contributed by atoms with Crippen LogP contribution in [-0.4, -0.2) is 27.7 Å². The molecule has 4 heteroatoms. The van der Waals surface area contributed by atoms with Crippen LogP contribution < -0.4 is 0 Å². The molecule has 0 amide bonds. The molecule has 1 atom stereocenters. The summed E-state index contributed by atoms with van der Waals surface area (Å²) in [6.07, 6.45) is 8.97. The molecule has 4 rings (SSSR count). The van der Waals surface area contributed by atoms with Crippen molar-refractivity contribution in [2.75, 3.05) is 13.2 Å². The number of aryl methyl sites for hydroxylation is 2. The van der Waals surface area contributed by atoms with Gasteiger partial charge in [0.25, 0.3) is 0 Å². The Hall–Kier alpha value is -2.46. The number of imidazole rings is 1. The fourth-order valence-electron chi connectivity index (χ4n) is 3.57. The van der Waals surface area contributed by atoms with Crippen LogP contribution >= 0.6 is 0 Å². The van der Waals surface area contributed by atoms with E-state index in [1.54, 1.807) is 0 Å². The first-order chi connectivity index (χ1) is 12.4. The molecular weight excluding hydrogens is 310 g/mol. The average molecular weight is 333 g/mol. The molecule has 4 nitrogen and oxygen atoms in total. The summed E-state index contributed by atoms with van der Waals surface area (Å²) < 4.78 is 7.98. The highest BCUT2D eigenvalue weighted by atomic mass is 16.5. The molecular formula is C21H23N3O. The van der Waals surface area contributed by atoms with Crippen molar-refractivity contribution < 1.29 is 4.74 Å². The number of aromatic nitrogens is 3. The van der Waals surface area contributed by atoms with Gasteiger partial charge in [0.2, 0.25) is 0 Å². The molecule has 1 aliphatic rings. The number of hydrogen-bond donors (Lipinski definition) is 0. The van der Waals surface area contributed by atoms with Crippen molar-refractivity contribution in [1.82, 2.24) is 14.5 Å². The smallest absolute Gasteiger partial charge is 0.0956 e. The van der Waals surface area contributed by atoms with Gasteiger partial charge in [0.1, 0.15) is 0 Å². The van der Waals surface area contributed by atoms with Crippen LogP contribution in [0.2, 0.25) is 0 Å². The number of nitrogens with zero attached hydrogens (tertiary/aromatic N) is 3. The maximum Gasteiger partial charge on any atom is 0.0956 e. The van der Waals surface area contributed by atoms with Crippen molar-refractivity contribution >= 4 is 0 Å². The van der Waals surface area contributed by atoms with Crippen molar-refractivity contribution in [2.24, 2.45) is 0 Å². The molecule has 3 heterocycles. The summed E-state index contributed by atoms with van der Waals surface area (Å²) in [6.45, 7) is 2.62. The molecule has 25 heavy (non-hydrogen) atoms. The molecule has 0 N–H and O–H groups in total. The second-order valence-electron chi connectivity index (χ2n) is 6.56. The Morgan fingerprint density at radius 1 is 1.12 bits per heavy atom. The van der Waals surface area contributed by atoms with Crippen LogP contribution in [0, 0.1) is 0 Å². The van der Waals surface area contributed by atoms with E-state index in [1.165, 1.54) is 16.8 Å². The van der Waals surface area contributed by atoms with E-state index < -0.39 is 0 Å².